The summed E-state index contributed by atoms with van der Waals surface area (Å²) in [7, 11) is 0. The number of nitrogens with zero attached hydrogens (tertiary/aromatic N) is 2. The molecule has 2 rings (SSSR count). The second-order valence-electron chi connectivity index (χ2n) is 4.60. The molecule has 1 saturated carbocycles. The first kappa shape index (κ1) is 11.9. The molecule has 94 valence electrons. The highest BCUT2D eigenvalue weighted by Gasteiger charge is 2.24. The highest BCUT2D eigenvalue weighted by molar-refractivity contribution is 5.96. The monoisotopic (exact) mass is 238 g/mol. The van der Waals surface area contributed by atoms with E-state index in [1.165, 1.54) is 19.3 Å². The van der Waals surface area contributed by atoms with E-state index in [9.17, 15) is 4.79 Å². The molecule has 0 bridgehead atoms. The molecule has 0 saturated heterocycles. The number of nitrogen functional groups attached to an aromatic ring is 1. The van der Waals surface area contributed by atoms with Crippen LogP contribution >= 0.6 is 0 Å². The fourth-order valence-corrected chi connectivity index (χ4v) is 2.32. The van der Waals surface area contributed by atoms with Gasteiger partial charge >= 0.3 is 0 Å². The maximum absolute atomic E-state index is 11.8. The predicted octanol–water partition coefficient (Wildman–Crippen LogP) is 1.35. The molecule has 1 amide bonds. The van der Waals surface area contributed by atoms with Gasteiger partial charge in [0, 0.05) is 6.04 Å². The fraction of sp³-hybridized carbons (Fsp3) is 0.727. The molecule has 17 heavy (non-hydrogen) atoms. The van der Waals surface area contributed by atoms with Gasteiger partial charge in [-0.05, 0) is 41.9 Å². The lowest BCUT2D eigenvalue weighted by atomic mass is 9.84. The van der Waals surface area contributed by atoms with Crippen LogP contribution in [0.1, 0.15) is 49.5 Å². The molecule has 0 spiro atoms. The first-order chi connectivity index (χ1) is 8.20. The van der Waals surface area contributed by atoms with Crippen molar-refractivity contribution in [2.75, 3.05) is 5.73 Å². The average Bonchev–Trinajstić information content (AvgIpc) is 2.76. The third kappa shape index (κ3) is 2.75. The second kappa shape index (κ2) is 5.16. The Balaban J connectivity index is 1.86. The van der Waals surface area contributed by atoms with E-state index in [2.05, 4.69) is 27.2 Å². The Morgan fingerprint density at radius 2 is 2.12 bits per heavy atom. The van der Waals surface area contributed by atoms with E-state index in [1.54, 1.807) is 0 Å². The van der Waals surface area contributed by atoms with Crippen LogP contribution in [0.15, 0.2) is 4.63 Å². The number of hydrogen-bond donors (Lipinski definition) is 2. The molecule has 3 N–H and O–H groups in total. The van der Waals surface area contributed by atoms with Gasteiger partial charge < -0.3 is 11.1 Å². The Hall–Kier alpha value is -1.59. The number of nitrogens with one attached hydrogen (secondary N) is 1. The van der Waals surface area contributed by atoms with Gasteiger partial charge in [0.05, 0.1) is 0 Å². The average molecular weight is 238 g/mol. The van der Waals surface area contributed by atoms with Crippen molar-refractivity contribution in [2.24, 2.45) is 5.92 Å². The van der Waals surface area contributed by atoms with E-state index in [-0.39, 0.29) is 23.5 Å². The number of nitrogens with two attached hydrogens (primary N) is 1. The molecule has 6 nitrogen and oxygen atoms in total. The van der Waals surface area contributed by atoms with Gasteiger partial charge in [0.25, 0.3) is 5.91 Å². The predicted molar refractivity (Wildman–Crippen MR) is 62.2 cm³/mol. The van der Waals surface area contributed by atoms with Gasteiger partial charge in [0.2, 0.25) is 11.5 Å². The van der Waals surface area contributed by atoms with Crippen LogP contribution in [-0.2, 0) is 0 Å². The maximum atomic E-state index is 11.8. The van der Waals surface area contributed by atoms with E-state index in [1.807, 2.05) is 0 Å². The molecule has 1 aliphatic rings. The molecule has 0 atom stereocenters. The Bertz CT molecular complexity index is 383. The van der Waals surface area contributed by atoms with Gasteiger partial charge in [-0.2, -0.15) is 0 Å². The molecule has 6 heteroatoms. The summed E-state index contributed by atoms with van der Waals surface area (Å²) in [5.74, 6) is 0.565. The minimum atomic E-state index is -0.288. The smallest absolute Gasteiger partial charge is 0.277 e. The van der Waals surface area contributed by atoms with Gasteiger partial charge in [-0.15, -0.1) is 0 Å². The van der Waals surface area contributed by atoms with Crippen LogP contribution in [0.4, 0.5) is 5.82 Å². The first-order valence-corrected chi connectivity index (χ1v) is 6.09. The molecule has 1 heterocycles. The molecule has 1 aromatic heterocycles. The first-order valence-electron chi connectivity index (χ1n) is 6.09. The zero-order valence-corrected chi connectivity index (χ0v) is 9.98. The van der Waals surface area contributed by atoms with Gasteiger partial charge in [0.15, 0.2) is 0 Å². The van der Waals surface area contributed by atoms with Crippen LogP contribution < -0.4 is 11.1 Å². The van der Waals surface area contributed by atoms with E-state index >= 15 is 0 Å². The minimum absolute atomic E-state index is 0.0461. The normalized spacial score (nSPS) is 24.5. The number of carbonyl (C=O) groups is 1. The Morgan fingerprint density at radius 3 is 2.65 bits per heavy atom. The summed E-state index contributed by atoms with van der Waals surface area (Å²) < 4.78 is 4.40. The van der Waals surface area contributed by atoms with Crippen LogP contribution in [-0.4, -0.2) is 22.3 Å². The molecule has 0 unspecified atom stereocenters. The lowest BCUT2D eigenvalue weighted by Gasteiger charge is -2.28. The summed E-state index contributed by atoms with van der Waals surface area (Å²) in [4.78, 5) is 11.8. The lowest BCUT2D eigenvalue weighted by molar-refractivity contribution is 0.0912. The maximum Gasteiger partial charge on any atom is 0.277 e. The van der Waals surface area contributed by atoms with Crippen LogP contribution in [0, 0.1) is 5.92 Å². The van der Waals surface area contributed by atoms with Gasteiger partial charge in [-0.25, -0.2) is 4.63 Å². The Kier molecular flexibility index (Phi) is 3.61. The largest absolute Gasteiger partial charge is 0.379 e. The van der Waals surface area contributed by atoms with E-state index in [0.29, 0.717) is 0 Å². The van der Waals surface area contributed by atoms with Crippen molar-refractivity contribution in [3.63, 3.8) is 0 Å². The van der Waals surface area contributed by atoms with Crippen LogP contribution in [0.5, 0.6) is 0 Å². The van der Waals surface area contributed by atoms with Crippen molar-refractivity contribution in [1.82, 2.24) is 15.6 Å². The summed E-state index contributed by atoms with van der Waals surface area (Å²) in [5.41, 5.74) is 5.55. The Morgan fingerprint density at radius 1 is 1.41 bits per heavy atom. The van der Waals surface area contributed by atoms with Crippen LogP contribution in [0.2, 0.25) is 0 Å². The number of anilines is 1. The van der Waals surface area contributed by atoms with E-state index in [4.69, 9.17) is 5.73 Å². The van der Waals surface area contributed by atoms with Crippen molar-refractivity contribution in [2.45, 2.75) is 45.1 Å². The molecule has 1 aliphatic carbocycles. The molecular formula is C11H18N4O2. The molecular weight excluding hydrogens is 220 g/mol. The van der Waals surface area contributed by atoms with Gasteiger partial charge in [-0.1, -0.05) is 13.3 Å². The zero-order valence-electron chi connectivity index (χ0n) is 9.98. The van der Waals surface area contributed by atoms with Crippen LogP contribution in [0.25, 0.3) is 0 Å². The highest BCUT2D eigenvalue weighted by atomic mass is 16.6. The molecule has 0 aromatic carbocycles. The number of hydrogen-bond acceptors (Lipinski definition) is 5. The van der Waals surface area contributed by atoms with Crippen molar-refractivity contribution in [1.29, 1.82) is 0 Å². The summed E-state index contributed by atoms with van der Waals surface area (Å²) in [5, 5.41) is 9.80. The lowest BCUT2D eigenvalue weighted by Crippen LogP contribution is -2.38. The van der Waals surface area contributed by atoms with Gasteiger partial charge in [-0.3, -0.25) is 4.79 Å². The van der Waals surface area contributed by atoms with Crippen molar-refractivity contribution >= 4 is 11.7 Å². The van der Waals surface area contributed by atoms with E-state index in [0.717, 1.165) is 18.8 Å². The molecule has 1 fully saturated rings. The fourth-order valence-electron chi connectivity index (χ4n) is 2.32. The number of amides is 1. The molecule has 1 aromatic rings. The summed E-state index contributed by atoms with van der Waals surface area (Å²) in [6.45, 7) is 2.21. The topological polar surface area (TPSA) is 94.0 Å². The summed E-state index contributed by atoms with van der Waals surface area (Å²) >= 11 is 0. The third-order valence-electron chi connectivity index (χ3n) is 3.49. The van der Waals surface area contributed by atoms with Crippen molar-refractivity contribution in [3.8, 4) is 0 Å². The van der Waals surface area contributed by atoms with Gasteiger partial charge in [0.1, 0.15) is 0 Å². The quantitative estimate of drug-likeness (QED) is 0.829. The van der Waals surface area contributed by atoms with Crippen LogP contribution in [0.3, 0.4) is 0 Å². The Labute approximate surface area is 99.9 Å². The molecule has 0 aliphatic heterocycles. The van der Waals surface area contributed by atoms with Crippen molar-refractivity contribution < 1.29 is 9.42 Å². The zero-order chi connectivity index (χ0) is 12.3. The number of aromatic nitrogens is 2. The highest BCUT2D eigenvalue weighted by Crippen LogP contribution is 2.26. The van der Waals surface area contributed by atoms with E-state index < -0.39 is 0 Å². The summed E-state index contributed by atoms with van der Waals surface area (Å²) in [6, 6.07) is 0.224. The summed E-state index contributed by atoms with van der Waals surface area (Å²) in [6.07, 6.45) is 5.62. The standard InChI is InChI=1S/C11H18N4O2/c1-2-7-3-5-8(6-4-7)13-11(16)9-10(12)15-17-14-9/h7-8H,2-6H2,1H3,(H2,12,15)(H,13,16). The minimum Gasteiger partial charge on any atom is -0.379 e. The SMILES string of the molecule is CCC1CCC(NC(=O)c2nonc2N)CC1. The third-order valence-corrected chi connectivity index (χ3v) is 3.49. The molecule has 0 radical (unpaired) electrons. The number of carbonyl (C=O) groups excluding carboxylic acids is 1. The second-order valence-corrected chi connectivity index (χ2v) is 4.60. The van der Waals surface area contributed by atoms with Crippen molar-refractivity contribution in [3.05, 3.63) is 5.69 Å². The number of rotatable bonds is 3.